The summed E-state index contributed by atoms with van der Waals surface area (Å²) < 4.78 is 13.7. The van der Waals surface area contributed by atoms with E-state index in [0.29, 0.717) is 12.5 Å². The SMILES string of the molecule is COC1(Cn2c(C3CC3)nc3cc(N)ccc32)CCOC1. The Hall–Kier alpha value is -1.59. The topological polar surface area (TPSA) is 62.3 Å². The molecular formula is C16H21N3O2. The Bertz CT molecular complexity index is 669. The molecule has 1 aliphatic heterocycles. The number of imidazole rings is 1. The maximum atomic E-state index is 5.90. The summed E-state index contributed by atoms with van der Waals surface area (Å²) in [5, 5.41) is 0. The van der Waals surface area contributed by atoms with Crippen molar-refractivity contribution in [3.8, 4) is 0 Å². The van der Waals surface area contributed by atoms with Gasteiger partial charge in [0.15, 0.2) is 0 Å². The van der Waals surface area contributed by atoms with E-state index in [0.717, 1.165) is 36.3 Å². The number of hydrogen-bond acceptors (Lipinski definition) is 4. The Labute approximate surface area is 124 Å². The molecule has 5 nitrogen and oxygen atoms in total. The molecule has 21 heavy (non-hydrogen) atoms. The van der Waals surface area contributed by atoms with Crippen LogP contribution in [0.15, 0.2) is 18.2 Å². The van der Waals surface area contributed by atoms with Crippen LogP contribution in [-0.2, 0) is 16.0 Å². The van der Waals surface area contributed by atoms with Crippen molar-refractivity contribution in [2.24, 2.45) is 0 Å². The van der Waals surface area contributed by atoms with Gasteiger partial charge in [0.25, 0.3) is 0 Å². The van der Waals surface area contributed by atoms with Crippen molar-refractivity contribution in [2.45, 2.75) is 37.3 Å². The number of fused-ring (bicyclic) bond motifs is 1. The van der Waals surface area contributed by atoms with E-state index < -0.39 is 0 Å². The maximum absolute atomic E-state index is 5.90. The number of nitrogens with two attached hydrogens (primary N) is 1. The monoisotopic (exact) mass is 287 g/mol. The summed E-state index contributed by atoms with van der Waals surface area (Å²) >= 11 is 0. The van der Waals surface area contributed by atoms with E-state index in [-0.39, 0.29) is 5.60 Å². The number of rotatable bonds is 4. The number of nitrogen functional groups attached to an aromatic ring is 1. The third-order valence-electron chi connectivity index (χ3n) is 4.69. The highest BCUT2D eigenvalue weighted by molar-refractivity contribution is 5.80. The molecule has 2 heterocycles. The van der Waals surface area contributed by atoms with E-state index >= 15 is 0 Å². The number of anilines is 1. The number of benzene rings is 1. The second-order valence-electron chi connectivity index (χ2n) is 6.27. The largest absolute Gasteiger partial charge is 0.399 e. The molecule has 1 aliphatic carbocycles. The smallest absolute Gasteiger partial charge is 0.113 e. The summed E-state index contributed by atoms with van der Waals surface area (Å²) in [5.41, 5.74) is 8.57. The van der Waals surface area contributed by atoms with Gasteiger partial charge < -0.3 is 19.8 Å². The second kappa shape index (κ2) is 4.71. The highest BCUT2D eigenvalue weighted by Crippen LogP contribution is 2.41. The Morgan fingerprint density at radius 2 is 2.33 bits per heavy atom. The summed E-state index contributed by atoms with van der Waals surface area (Å²) in [7, 11) is 1.78. The van der Waals surface area contributed by atoms with Crippen LogP contribution in [0.1, 0.15) is 31.0 Å². The molecule has 1 saturated carbocycles. The highest BCUT2D eigenvalue weighted by atomic mass is 16.5. The second-order valence-corrected chi connectivity index (χ2v) is 6.27. The van der Waals surface area contributed by atoms with Crippen LogP contribution in [0.4, 0.5) is 5.69 Å². The third-order valence-corrected chi connectivity index (χ3v) is 4.69. The van der Waals surface area contributed by atoms with E-state index in [2.05, 4.69) is 10.6 Å². The molecule has 2 N–H and O–H groups in total. The van der Waals surface area contributed by atoms with Gasteiger partial charge in [-0.15, -0.1) is 0 Å². The van der Waals surface area contributed by atoms with Crippen LogP contribution in [0.2, 0.25) is 0 Å². The normalized spacial score (nSPS) is 25.8. The Balaban J connectivity index is 1.80. The average molecular weight is 287 g/mol. The summed E-state index contributed by atoms with van der Waals surface area (Å²) in [6.07, 6.45) is 3.40. The van der Waals surface area contributed by atoms with Crippen LogP contribution in [-0.4, -0.2) is 35.5 Å². The summed E-state index contributed by atoms with van der Waals surface area (Å²) in [5.74, 6) is 1.77. The molecule has 4 rings (SSSR count). The lowest BCUT2D eigenvalue weighted by molar-refractivity contribution is -0.0292. The molecule has 2 fully saturated rings. The average Bonchev–Trinajstić information content (AvgIpc) is 3.13. The maximum Gasteiger partial charge on any atom is 0.113 e. The standard InChI is InChI=1S/C16H21N3O2/c1-20-16(6-7-21-10-16)9-19-14-5-4-12(17)8-13(14)18-15(19)11-2-3-11/h4-5,8,11H,2-3,6-7,9-10,17H2,1H3. The number of hydrogen-bond donors (Lipinski definition) is 1. The van der Waals surface area contributed by atoms with E-state index in [1.165, 1.54) is 18.7 Å². The Morgan fingerprint density at radius 3 is 3.00 bits per heavy atom. The third kappa shape index (κ3) is 2.21. The summed E-state index contributed by atoms with van der Waals surface area (Å²) in [6, 6.07) is 5.98. The van der Waals surface area contributed by atoms with Gasteiger partial charge in [-0.25, -0.2) is 4.98 Å². The van der Waals surface area contributed by atoms with Gasteiger partial charge in [0.05, 0.1) is 24.2 Å². The van der Waals surface area contributed by atoms with Crippen LogP contribution in [0.25, 0.3) is 11.0 Å². The van der Waals surface area contributed by atoms with Gasteiger partial charge in [-0.05, 0) is 31.0 Å². The zero-order chi connectivity index (χ0) is 14.4. The van der Waals surface area contributed by atoms with Crippen LogP contribution in [0.5, 0.6) is 0 Å². The van der Waals surface area contributed by atoms with Crippen molar-refractivity contribution in [3.05, 3.63) is 24.0 Å². The van der Waals surface area contributed by atoms with Gasteiger partial charge in [-0.1, -0.05) is 0 Å². The predicted octanol–water partition coefficient (Wildman–Crippen LogP) is 2.30. The molecular weight excluding hydrogens is 266 g/mol. The van der Waals surface area contributed by atoms with Crippen LogP contribution in [0.3, 0.4) is 0 Å². The molecule has 2 aromatic rings. The van der Waals surface area contributed by atoms with Gasteiger partial charge in [0.1, 0.15) is 11.4 Å². The molecule has 1 aromatic heterocycles. The van der Waals surface area contributed by atoms with Crippen molar-refractivity contribution in [3.63, 3.8) is 0 Å². The molecule has 1 saturated heterocycles. The number of ether oxygens (including phenoxy) is 2. The van der Waals surface area contributed by atoms with Crippen LogP contribution >= 0.6 is 0 Å². The molecule has 2 aliphatic rings. The lowest BCUT2D eigenvalue weighted by Gasteiger charge is -2.27. The molecule has 1 aromatic carbocycles. The minimum absolute atomic E-state index is 0.224. The van der Waals surface area contributed by atoms with Crippen LogP contribution in [0, 0.1) is 0 Å². The predicted molar refractivity (Wildman–Crippen MR) is 81.3 cm³/mol. The Morgan fingerprint density at radius 1 is 1.48 bits per heavy atom. The minimum Gasteiger partial charge on any atom is -0.399 e. The van der Waals surface area contributed by atoms with Gasteiger partial charge >= 0.3 is 0 Å². The molecule has 5 heteroatoms. The molecule has 112 valence electrons. The molecule has 1 atom stereocenters. The summed E-state index contributed by atoms with van der Waals surface area (Å²) in [6.45, 7) is 2.23. The van der Waals surface area contributed by atoms with E-state index in [4.69, 9.17) is 20.2 Å². The quantitative estimate of drug-likeness (QED) is 0.876. The van der Waals surface area contributed by atoms with Crippen LogP contribution < -0.4 is 5.73 Å². The summed E-state index contributed by atoms with van der Waals surface area (Å²) in [4.78, 5) is 4.83. The van der Waals surface area contributed by atoms with Gasteiger partial charge in [-0.2, -0.15) is 0 Å². The van der Waals surface area contributed by atoms with Crippen molar-refractivity contribution >= 4 is 16.7 Å². The van der Waals surface area contributed by atoms with E-state index in [1.54, 1.807) is 7.11 Å². The molecule has 1 unspecified atom stereocenters. The molecule has 0 amide bonds. The fourth-order valence-electron chi connectivity index (χ4n) is 3.21. The zero-order valence-electron chi connectivity index (χ0n) is 12.3. The first-order valence-corrected chi connectivity index (χ1v) is 7.59. The highest BCUT2D eigenvalue weighted by Gasteiger charge is 2.38. The van der Waals surface area contributed by atoms with Gasteiger partial charge in [-0.3, -0.25) is 0 Å². The van der Waals surface area contributed by atoms with E-state index in [9.17, 15) is 0 Å². The fraction of sp³-hybridized carbons (Fsp3) is 0.562. The van der Waals surface area contributed by atoms with Crippen molar-refractivity contribution in [1.29, 1.82) is 0 Å². The molecule has 0 bridgehead atoms. The zero-order valence-corrected chi connectivity index (χ0v) is 12.3. The van der Waals surface area contributed by atoms with Crippen molar-refractivity contribution in [2.75, 3.05) is 26.1 Å². The lowest BCUT2D eigenvalue weighted by Crippen LogP contribution is -2.37. The number of methoxy groups -OCH3 is 1. The number of nitrogens with zero attached hydrogens (tertiary/aromatic N) is 2. The van der Waals surface area contributed by atoms with Crippen molar-refractivity contribution in [1.82, 2.24) is 9.55 Å². The van der Waals surface area contributed by atoms with Crippen molar-refractivity contribution < 1.29 is 9.47 Å². The number of aromatic nitrogens is 2. The Kier molecular flexibility index (Phi) is 2.94. The fourth-order valence-corrected chi connectivity index (χ4v) is 3.21. The molecule has 0 radical (unpaired) electrons. The first-order valence-electron chi connectivity index (χ1n) is 7.59. The molecule has 0 spiro atoms. The van der Waals surface area contributed by atoms with E-state index in [1.807, 2.05) is 12.1 Å². The first kappa shape index (κ1) is 13.1. The minimum atomic E-state index is -0.224. The first-order chi connectivity index (χ1) is 10.2. The lowest BCUT2D eigenvalue weighted by atomic mass is 10.0. The van der Waals surface area contributed by atoms with Gasteiger partial charge in [0, 0.05) is 31.7 Å². The van der Waals surface area contributed by atoms with Gasteiger partial charge in [0.2, 0.25) is 0 Å².